The van der Waals surface area contributed by atoms with E-state index in [1.165, 1.54) is 36.7 Å². The summed E-state index contributed by atoms with van der Waals surface area (Å²) in [6.45, 7) is 0. The van der Waals surface area contributed by atoms with Crippen molar-refractivity contribution in [2.75, 3.05) is 11.1 Å². The molecule has 0 atom stereocenters. The zero-order valence-electron chi connectivity index (χ0n) is 10.1. The lowest BCUT2D eigenvalue weighted by atomic mass is 10.1. The molecular weight excluding hydrogens is 271 g/mol. The van der Waals surface area contributed by atoms with Crippen molar-refractivity contribution in [2.24, 2.45) is 0 Å². The molecule has 2 rings (SSSR count). The molecule has 0 fully saturated rings. The highest BCUT2D eigenvalue weighted by molar-refractivity contribution is 6.07. The van der Waals surface area contributed by atoms with Crippen LogP contribution in [0.2, 0.25) is 0 Å². The van der Waals surface area contributed by atoms with E-state index < -0.39 is 17.6 Å². The van der Waals surface area contributed by atoms with Crippen LogP contribution in [0.3, 0.4) is 0 Å². The summed E-state index contributed by atoms with van der Waals surface area (Å²) in [5, 5.41) is 2.20. The van der Waals surface area contributed by atoms with E-state index in [2.05, 4.69) is 10.3 Å². The van der Waals surface area contributed by atoms with Crippen LogP contribution in [0.1, 0.15) is 15.9 Å². The van der Waals surface area contributed by atoms with E-state index in [1.54, 1.807) is 0 Å². The maximum absolute atomic E-state index is 12.8. The number of aromatic nitrogens is 1. The van der Waals surface area contributed by atoms with Gasteiger partial charge >= 0.3 is 6.18 Å². The molecule has 1 heterocycles. The lowest BCUT2D eigenvalue weighted by molar-refractivity contribution is -0.136. The van der Waals surface area contributed by atoms with Gasteiger partial charge in [0.25, 0.3) is 5.91 Å². The van der Waals surface area contributed by atoms with Crippen LogP contribution in [-0.2, 0) is 6.18 Å². The molecule has 0 saturated heterocycles. The van der Waals surface area contributed by atoms with Gasteiger partial charge in [-0.15, -0.1) is 0 Å². The minimum atomic E-state index is -4.55. The Balaban J connectivity index is 2.32. The van der Waals surface area contributed by atoms with Gasteiger partial charge in [0.05, 0.1) is 16.8 Å². The highest BCUT2D eigenvalue weighted by atomic mass is 19.4. The Hall–Kier alpha value is -2.57. The fourth-order valence-electron chi connectivity index (χ4n) is 1.62. The molecule has 7 heteroatoms. The number of nitrogen functional groups attached to an aromatic ring is 1. The molecule has 3 N–H and O–H groups in total. The lowest BCUT2D eigenvalue weighted by Gasteiger charge is -2.13. The zero-order valence-corrected chi connectivity index (χ0v) is 10.1. The SMILES string of the molecule is Nc1ccncc1C(=O)Nc1ccccc1C(F)(F)F. The molecule has 0 radical (unpaired) electrons. The Morgan fingerprint density at radius 2 is 1.90 bits per heavy atom. The summed E-state index contributed by atoms with van der Waals surface area (Å²) in [5.74, 6) is -0.743. The molecule has 104 valence electrons. The monoisotopic (exact) mass is 281 g/mol. The molecule has 0 spiro atoms. The summed E-state index contributed by atoms with van der Waals surface area (Å²) in [4.78, 5) is 15.6. The van der Waals surface area contributed by atoms with Gasteiger partial charge in [-0.05, 0) is 18.2 Å². The number of amides is 1. The van der Waals surface area contributed by atoms with E-state index >= 15 is 0 Å². The highest BCUT2D eigenvalue weighted by Crippen LogP contribution is 2.34. The topological polar surface area (TPSA) is 68.0 Å². The second kappa shape index (κ2) is 5.20. The number of carbonyl (C=O) groups is 1. The first kappa shape index (κ1) is 13.9. The molecule has 0 aliphatic carbocycles. The van der Waals surface area contributed by atoms with Gasteiger partial charge in [-0.1, -0.05) is 12.1 Å². The summed E-state index contributed by atoms with van der Waals surface area (Å²) < 4.78 is 38.4. The fourth-order valence-corrected chi connectivity index (χ4v) is 1.62. The Labute approximate surface area is 112 Å². The second-order valence-corrected chi connectivity index (χ2v) is 3.96. The van der Waals surface area contributed by atoms with E-state index in [0.717, 1.165) is 6.07 Å². The summed E-state index contributed by atoms with van der Waals surface area (Å²) in [6, 6.07) is 6.11. The minimum Gasteiger partial charge on any atom is -0.398 e. The molecule has 20 heavy (non-hydrogen) atoms. The van der Waals surface area contributed by atoms with E-state index in [0.29, 0.717) is 0 Å². The van der Waals surface area contributed by atoms with Crippen LogP contribution < -0.4 is 11.1 Å². The van der Waals surface area contributed by atoms with E-state index in [1.807, 2.05) is 0 Å². The number of rotatable bonds is 2. The van der Waals surface area contributed by atoms with Crippen molar-refractivity contribution in [3.63, 3.8) is 0 Å². The number of para-hydroxylation sites is 1. The number of halogens is 3. The number of anilines is 2. The average molecular weight is 281 g/mol. The molecule has 0 saturated carbocycles. The molecule has 0 aliphatic heterocycles. The van der Waals surface area contributed by atoms with Gasteiger partial charge in [0.1, 0.15) is 0 Å². The molecule has 0 bridgehead atoms. The van der Waals surface area contributed by atoms with Crippen molar-refractivity contribution < 1.29 is 18.0 Å². The summed E-state index contributed by atoms with van der Waals surface area (Å²) in [5.41, 5.74) is 4.49. The quantitative estimate of drug-likeness (QED) is 0.889. The minimum absolute atomic E-state index is 0.0180. The number of hydrogen-bond acceptors (Lipinski definition) is 3. The largest absolute Gasteiger partial charge is 0.418 e. The van der Waals surface area contributed by atoms with Gasteiger partial charge in [-0.2, -0.15) is 13.2 Å². The zero-order chi connectivity index (χ0) is 14.8. The molecule has 0 aliphatic rings. The first-order valence-electron chi connectivity index (χ1n) is 5.56. The molecule has 2 aromatic rings. The molecule has 1 aromatic heterocycles. The number of nitrogens with two attached hydrogens (primary N) is 1. The fraction of sp³-hybridized carbons (Fsp3) is 0.0769. The van der Waals surface area contributed by atoms with Crippen LogP contribution in [-0.4, -0.2) is 10.9 Å². The first-order valence-corrected chi connectivity index (χ1v) is 5.56. The molecule has 4 nitrogen and oxygen atoms in total. The van der Waals surface area contributed by atoms with Crippen LogP contribution in [0.4, 0.5) is 24.5 Å². The van der Waals surface area contributed by atoms with E-state index in [9.17, 15) is 18.0 Å². The van der Waals surface area contributed by atoms with Crippen LogP contribution in [0.5, 0.6) is 0 Å². The molecule has 0 unspecified atom stereocenters. The number of benzene rings is 1. The Morgan fingerprint density at radius 1 is 1.20 bits per heavy atom. The van der Waals surface area contributed by atoms with Gasteiger partial charge < -0.3 is 11.1 Å². The van der Waals surface area contributed by atoms with E-state index in [-0.39, 0.29) is 16.9 Å². The maximum atomic E-state index is 12.8. The summed E-state index contributed by atoms with van der Waals surface area (Å²) in [7, 11) is 0. The molecule has 1 aromatic carbocycles. The number of alkyl halides is 3. The number of nitrogens with one attached hydrogen (secondary N) is 1. The van der Waals surface area contributed by atoms with Crippen LogP contribution in [0.25, 0.3) is 0 Å². The smallest absolute Gasteiger partial charge is 0.398 e. The van der Waals surface area contributed by atoms with Crippen molar-refractivity contribution >= 4 is 17.3 Å². The van der Waals surface area contributed by atoms with E-state index in [4.69, 9.17) is 5.73 Å². The van der Waals surface area contributed by atoms with Crippen molar-refractivity contribution in [3.05, 3.63) is 53.9 Å². The van der Waals surface area contributed by atoms with Gasteiger partial charge in [0.2, 0.25) is 0 Å². The van der Waals surface area contributed by atoms with Gasteiger partial charge in [-0.3, -0.25) is 9.78 Å². The number of nitrogens with zero attached hydrogens (tertiary/aromatic N) is 1. The van der Waals surface area contributed by atoms with Gasteiger partial charge in [0, 0.05) is 18.1 Å². The maximum Gasteiger partial charge on any atom is 0.418 e. The Bertz CT molecular complexity index is 641. The van der Waals surface area contributed by atoms with Crippen molar-refractivity contribution in [2.45, 2.75) is 6.18 Å². The number of pyridine rings is 1. The van der Waals surface area contributed by atoms with Crippen molar-refractivity contribution in [3.8, 4) is 0 Å². The van der Waals surface area contributed by atoms with Crippen molar-refractivity contribution in [1.82, 2.24) is 4.98 Å². The summed E-state index contributed by atoms with van der Waals surface area (Å²) >= 11 is 0. The second-order valence-electron chi connectivity index (χ2n) is 3.96. The number of hydrogen-bond donors (Lipinski definition) is 2. The summed E-state index contributed by atoms with van der Waals surface area (Å²) in [6.07, 6.45) is -1.97. The van der Waals surface area contributed by atoms with Crippen LogP contribution in [0.15, 0.2) is 42.7 Å². The van der Waals surface area contributed by atoms with Gasteiger partial charge in [-0.25, -0.2) is 0 Å². The van der Waals surface area contributed by atoms with Crippen molar-refractivity contribution in [1.29, 1.82) is 0 Å². The van der Waals surface area contributed by atoms with Gasteiger partial charge in [0.15, 0.2) is 0 Å². The molecule has 1 amide bonds. The highest BCUT2D eigenvalue weighted by Gasteiger charge is 2.33. The van der Waals surface area contributed by atoms with Crippen LogP contribution >= 0.6 is 0 Å². The number of carbonyl (C=O) groups excluding carboxylic acids is 1. The predicted octanol–water partition coefficient (Wildman–Crippen LogP) is 2.93. The standard InChI is InChI=1S/C13H10F3N3O/c14-13(15,16)9-3-1-2-4-11(9)19-12(20)8-7-18-6-5-10(8)17/h1-7H,(H2,17,18)(H,19,20). The third-order valence-corrected chi connectivity index (χ3v) is 2.58. The Morgan fingerprint density at radius 3 is 2.55 bits per heavy atom. The third kappa shape index (κ3) is 2.87. The normalized spacial score (nSPS) is 11.2. The molecular formula is C13H10F3N3O. The Kier molecular flexibility index (Phi) is 3.60. The predicted molar refractivity (Wildman–Crippen MR) is 68.0 cm³/mol. The van der Waals surface area contributed by atoms with Crippen LogP contribution in [0, 0.1) is 0 Å². The third-order valence-electron chi connectivity index (χ3n) is 2.58. The average Bonchev–Trinajstić information content (AvgIpc) is 2.38. The first-order chi connectivity index (χ1) is 9.39. The lowest BCUT2D eigenvalue weighted by Crippen LogP contribution is -2.17.